The Hall–Kier alpha value is -1.55. The van der Waals surface area contributed by atoms with Gasteiger partial charge >= 0.3 is 0 Å². The van der Waals surface area contributed by atoms with E-state index in [2.05, 4.69) is 5.32 Å². The normalized spacial score (nSPS) is 18.3. The third-order valence-electron chi connectivity index (χ3n) is 3.84. The van der Waals surface area contributed by atoms with Gasteiger partial charge in [-0.15, -0.1) is 0 Å². The van der Waals surface area contributed by atoms with Crippen LogP contribution in [0.15, 0.2) is 24.3 Å². The van der Waals surface area contributed by atoms with Crippen LogP contribution in [-0.2, 0) is 4.79 Å². The highest BCUT2D eigenvalue weighted by Gasteiger charge is 2.34. The molecule has 2 rings (SSSR count). The van der Waals surface area contributed by atoms with E-state index in [1.54, 1.807) is 7.11 Å². The van der Waals surface area contributed by atoms with Crippen LogP contribution >= 0.6 is 0 Å². The predicted molar refractivity (Wildman–Crippen MR) is 74.9 cm³/mol. The highest BCUT2D eigenvalue weighted by Crippen LogP contribution is 2.32. The van der Waals surface area contributed by atoms with Gasteiger partial charge in [0.15, 0.2) is 0 Å². The first kappa shape index (κ1) is 13.9. The average Bonchev–Trinajstić information content (AvgIpc) is 2.36. The second-order valence-electron chi connectivity index (χ2n) is 5.42. The quantitative estimate of drug-likeness (QED) is 0.854. The first-order valence-electron chi connectivity index (χ1n) is 6.75. The third-order valence-corrected chi connectivity index (χ3v) is 3.84. The van der Waals surface area contributed by atoms with E-state index in [9.17, 15) is 4.79 Å². The first-order chi connectivity index (χ1) is 9.04. The number of carbonyl (C=O) groups is 1. The van der Waals surface area contributed by atoms with Crippen LogP contribution in [0.1, 0.15) is 44.2 Å². The summed E-state index contributed by atoms with van der Waals surface area (Å²) in [5.74, 6) is 0.807. The molecule has 0 radical (unpaired) electrons. The van der Waals surface area contributed by atoms with E-state index in [0.29, 0.717) is 6.42 Å². The minimum absolute atomic E-state index is 0.0145. The predicted octanol–water partition coefficient (Wildman–Crippen LogP) is 2.14. The largest absolute Gasteiger partial charge is 0.496 e. The molecule has 1 unspecified atom stereocenters. The number of hydrogen-bond acceptors (Lipinski definition) is 3. The Morgan fingerprint density at radius 2 is 2.16 bits per heavy atom. The topological polar surface area (TPSA) is 64.3 Å². The van der Waals surface area contributed by atoms with Crippen molar-refractivity contribution in [1.29, 1.82) is 0 Å². The van der Waals surface area contributed by atoms with E-state index >= 15 is 0 Å². The number of ether oxygens (including phenoxy) is 1. The number of benzene rings is 1. The van der Waals surface area contributed by atoms with Crippen LogP contribution in [0.4, 0.5) is 0 Å². The molecule has 0 aliphatic heterocycles. The van der Waals surface area contributed by atoms with Crippen molar-refractivity contribution in [3.05, 3.63) is 29.8 Å². The van der Waals surface area contributed by atoms with Crippen LogP contribution in [0.2, 0.25) is 0 Å². The van der Waals surface area contributed by atoms with Crippen LogP contribution in [0.3, 0.4) is 0 Å². The highest BCUT2D eigenvalue weighted by atomic mass is 16.5. The Bertz CT molecular complexity index is 455. The zero-order valence-corrected chi connectivity index (χ0v) is 11.6. The molecule has 0 heterocycles. The van der Waals surface area contributed by atoms with E-state index < -0.39 is 0 Å². The molecule has 0 spiro atoms. The molecule has 1 amide bonds. The Labute approximate surface area is 114 Å². The standard InChI is InChI=1S/C15H22N2O2/c1-11(12-6-3-4-7-13(12)19-2)17-14(18)10-15(16)8-5-9-15/h3-4,6-7,11H,5,8-10,16H2,1-2H3,(H,17,18). The summed E-state index contributed by atoms with van der Waals surface area (Å²) in [6.45, 7) is 1.96. The molecule has 4 nitrogen and oxygen atoms in total. The summed E-state index contributed by atoms with van der Waals surface area (Å²) in [6, 6.07) is 7.64. The fraction of sp³-hybridized carbons (Fsp3) is 0.533. The van der Waals surface area contributed by atoms with Crippen molar-refractivity contribution in [2.24, 2.45) is 5.73 Å². The summed E-state index contributed by atoms with van der Waals surface area (Å²) in [4.78, 5) is 12.0. The zero-order chi connectivity index (χ0) is 13.9. The maximum atomic E-state index is 12.0. The Kier molecular flexibility index (Phi) is 4.10. The van der Waals surface area contributed by atoms with Gasteiger partial charge in [-0.05, 0) is 32.3 Å². The molecule has 1 aromatic rings. The highest BCUT2D eigenvalue weighted by molar-refractivity contribution is 5.78. The van der Waals surface area contributed by atoms with Gasteiger partial charge in [0.25, 0.3) is 0 Å². The number of para-hydroxylation sites is 1. The van der Waals surface area contributed by atoms with Gasteiger partial charge < -0.3 is 15.8 Å². The number of amides is 1. The van der Waals surface area contributed by atoms with Crippen LogP contribution < -0.4 is 15.8 Å². The number of methoxy groups -OCH3 is 1. The molecular formula is C15H22N2O2. The molecule has 1 atom stereocenters. The van der Waals surface area contributed by atoms with Crippen molar-refractivity contribution in [3.63, 3.8) is 0 Å². The smallest absolute Gasteiger partial charge is 0.222 e. The molecule has 19 heavy (non-hydrogen) atoms. The lowest BCUT2D eigenvalue weighted by Gasteiger charge is -2.37. The van der Waals surface area contributed by atoms with Crippen molar-refractivity contribution in [1.82, 2.24) is 5.32 Å². The average molecular weight is 262 g/mol. The summed E-state index contributed by atoms with van der Waals surface area (Å²) < 4.78 is 5.31. The molecule has 1 aliphatic carbocycles. The number of rotatable bonds is 5. The monoisotopic (exact) mass is 262 g/mol. The second kappa shape index (κ2) is 5.61. The molecule has 1 fully saturated rings. The molecule has 3 N–H and O–H groups in total. The van der Waals surface area contributed by atoms with Crippen molar-refractivity contribution in [2.45, 2.75) is 44.2 Å². The summed E-state index contributed by atoms with van der Waals surface area (Å²) in [6.07, 6.45) is 3.44. The first-order valence-corrected chi connectivity index (χ1v) is 6.75. The van der Waals surface area contributed by atoms with Crippen molar-refractivity contribution in [2.75, 3.05) is 7.11 Å². The van der Waals surface area contributed by atoms with Crippen LogP contribution in [-0.4, -0.2) is 18.6 Å². The van der Waals surface area contributed by atoms with Crippen LogP contribution in [0, 0.1) is 0 Å². The maximum absolute atomic E-state index is 12.0. The third kappa shape index (κ3) is 3.26. The molecule has 1 aliphatic rings. The van der Waals surface area contributed by atoms with Gasteiger partial charge in [0.2, 0.25) is 5.91 Å². The molecule has 1 aromatic carbocycles. The van der Waals surface area contributed by atoms with E-state index in [1.165, 1.54) is 0 Å². The van der Waals surface area contributed by atoms with Crippen LogP contribution in [0.25, 0.3) is 0 Å². The van der Waals surface area contributed by atoms with E-state index in [-0.39, 0.29) is 17.5 Å². The molecule has 0 bridgehead atoms. The lowest BCUT2D eigenvalue weighted by atomic mass is 9.75. The minimum Gasteiger partial charge on any atom is -0.496 e. The van der Waals surface area contributed by atoms with Crippen molar-refractivity contribution >= 4 is 5.91 Å². The van der Waals surface area contributed by atoms with Gasteiger partial charge in [-0.3, -0.25) is 4.79 Å². The zero-order valence-electron chi connectivity index (χ0n) is 11.6. The Balaban J connectivity index is 1.96. The summed E-state index contributed by atoms with van der Waals surface area (Å²) in [5.41, 5.74) is 6.80. The van der Waals surface area contributed by atoms with Crippen molar-refractivity contribution < 1.29 is 9.53 Å². The molecule has 4 heteroatoms. The molecule has 0 aromatic heterocycles. The number of nitrogens with two attached hydrogens (primary N) is 1. The summed E-state index contributed by atoms with van der Waals surface area (Å²) in [5, 5.41) is 3.00. The SMILES string of the molecule is COc1ccccc1C(C)NC(=O)CC1(N)CCC1. The van der Waals surface area contributed by atoms with E-state index in [0.717, 1.165) is 30.6 Å². The lowest BCUT2D eigenvalue weighted by molar-refractivity contribution is -0.123. The van der Waals surface area contributed by atoms with Crippen molar-refractivity contribution in [3.8, 4) is 5.75 Å². The van der Waals surface area contributed by atoms with Gasteiger partial charge in [-0.25, -0.2) is 0 Å². The van der Waals surface area contributed by atoms with Gasteiger partial charge in [-0.1, -0.05) is 18.2 Å². The van der Waals surface area contributed by atoms with E-state index in [4.69, 9.17) is 10.5 Å². The number of nitrogens with one attached hydrogen (secondary N) is 1. The lowest BCUT2D eigenvalue weighted by Crippen LogP contribution is -2.50. The molecule has 0 saturated heterocycles. The van der Waals surface area contributed by atoms with Gasteiger partial charge in [0.1, 0.15) is 5.75 Å². The van der Waals surface area contributed by atoms with Gasteiger partial charge in [0.05, 0.1) is 13.2 Å². The fourth-order valence-corrected chi connectivity index (χ4v) is 2.52. The fourth-order valence-electron chi connectivity index (χ4n) is 2.52. The number of carbonyl (C=O) groups excluding carboxylic acids is 1. The molecular weight excluding hydrogens is 240 g/mol. The second-order valence-corrected chi connectivity index (χ2v) is 5.42. The molecule has 104 valence electrons. The summed E-state index contributed by atoms with van der Waals surface area (Å²) >= 11 is 0. The number of hydrogen-bond donors (Lipinski definition) is 2. The Morgan fingerprint density at radius 1 is 1.47 bits per heavy atom. The van der Waals surface area contributed by atoms with Crippen LogP contribution in [0.5, 0.6) is 5.75 Å². The van der Waals surface area contributed by atoms with E-state index in [1.807, 2.05) is 31.2 Å². The molecule has 1 saturated carbocycles. The Morgan fingerprint density at radius 3 is 2.74 bits per heavy atom. The van der Waals surface area contributed by atoms with Gasteiger partial charge in [0, 0.05) is 17.5 Å². The maximum Gasteiger partial charge on any atom is 0.222 e. The minimum atomic E-state index is -0.273. The van der Waals surface area contributed by atoms with Gasteiger partial charge in [-0.2, -0.15) is 0 Å². The summed E-state index contributed by atoms with van der Waals surface area (Å²) in [7, 11) is 1.64.